The highest BCUT2D eigenvalue weighted by molar-refractivity contribution is 5.78. The Morgan fingerprint density at radius 1 is 1.47 bits per heavy atom. The van der Waals surface area contributed by atoms with Crippen molar-refractivity contribution in [1.82, 2.24) is 9.97 Å². The standard InChI is InChI=1S/C14H21N3O2/c1-4-11-5-6-17(12(7-11)14(18)19)13-8-15-9(2)10(3)16-13/h8,11-12H,4-7H2,1-3H3,(H,18,19). The molecule has 2 heterocycles. The smallest absolute Gasteiger partial charge is 0.326 e. The fourth-order valence-electron chi connectivity index (χ4n) is 2.59. The van der Waals surface area contributed by atoms with E-state index in [1.807, 2.05) is 18.7 Å². The van der Waals surface area contributed by atoms with Crippen LogP contribution in [0.15, 0.2) is 6.20 Å². The Labute approximate surface area is 113 Å². The summed E-state index contributed by atoms with van der Waals surface area (Å²) in [6.07, 6.45) is 4.44. The molecule has 1 aromatic heterocycles. The molecule has 104 valence electrons. The zero-order chi connectivity index (χ0) is 14.0. The van der Waals surface area contributed by atoms with Crippen molar-refractivity contribution in [3.05, 3.63) is 17.6 Å². The Morgan fingerprint density at radius 3 is 2.79 bits per heavy atom. The summed E-state index contributed by atoms with van der Waals surface area (Å²) in [7, 11) is 0. The Kier molecular flexibility index (Phi) is 4.02. The Balaban J connectivity index is 2.26. The van der Waals surface area contributed by atoms with Gasteiger partial charge >= 0.3 is 5.97 Å². The van der Waals surface area contributed by atoms with E-state index in [-0.39, 0.29) is 0 Å². The number of aliphatic carboxylic acids is 1. The van der Waals surface area contributed by atoms with Crippen molar-refractivity contribution in [3.8, 4) is 0 Å². The van der Waals surface area contributed by atoms with E-state index in [0.717, 1.165) is 30.8 Å². The van der Waals surface area contributed by atoms with Crippen LogP contribution >= 0.6 is 0 Å². The summed E-state index contributed by atoms with van der Waals surface area (Å²) in [5, 5.41) is 9.42. The van der Waals surface area contributed by atoms with Gasteiger partial charge < -0.3 is 10.0 Å². The first-order valence-electron chi connectivity index (χ1n) is 6.82. The highest BCUT2D eigenvalue weighted by Crippen LogP contribution is 2.28. The van der Waals surface area contributed by atoms with Crippen LogP contribution in [0.1, 0.15) is 37.6 Å². The van der Waals surface area contributed by atoms with Crippen LogP contribution in [0.3, 0.4) is 0 Å². The zero-order valence-electron chi connectivity index (χ0n) is 11.8. The lowest BCUT2D eigenvalue weighted by Crippen LogP contribution is -2.47. The molecule has 0 saturated carbocycles. The monoisotopic (exact) mass is 263 g/mol. The number of aromatic nitrogens is 2. The minimum absolute atomic E-state index is 0.477. The van der Waals surface area contributed by atoms with Crippen LogP contribution in [0.2, 0.25) is 0 Å². The summed E-state index contributed by atoms with van der Waals surface area (Å²) in [6, 6.07) is -0.477. The van der Waals surface area contributed by atoms with Gasteiger partial charge in [-0.05, 0) is 32.6 Å². The number of nitrogens with zero attached hydrogens (tertiary/aromatic N) is 3. The number of carboxylic acids is 1. The van der Waals surface area contributed by atoms with Crippen molar-refractivity contribution in [1.29, 1.82) is 0 Å². The molecule has 1 aliphatic rings. The van der Waals surface area contributed by atoms with Crippen molar-refractivity contribution in [2.45, 2.75) is 46.1 Å². The molecule has 0 spiro atoms. The number of aryl methyl sites for hydroxylation is 2. The topological polar surface area (TPSA) is 66.3 Å². The SMILES string of the molecule is CCC1CCN(c2cnc(C)c(C)n2)C(C(=O)O)C1. The van der Waals surface area contributed by atoms with Gasteiger partial charge in [0, 0.05) is 6.54 Å². The molecule has 0 amide bonds. The van der Waals surface area contributed by atoms with Crippen molar-refractivity contribution < 1.29 is 9.90 Å². The van der Waals surface area contributed by atoms with Gasteiger partial charge in [0.1, 0.15) is 11.9 Å². The minimum atomic E-state index is -0.766. The number of hydrogen-bond acceptors (Lipinski definition) is 4. The molecule has 1 aromatic rings. The highest BCUT2D eigenvalue weighted by atomic mass is 16.4. The first kappa shape index (κ1) is 13.8. The second-order valence-electron chi connectivity index (χ2n) is 5.25. The molecule has 0 bridgehead atoms. The molecule has 0 aliphatic carbocycles. The molecule has 1 saturated heterocycles. The summed E-state index contributed by atoms with van der Waals surface area (Å²) in [5.74, 6) is 0.417. The van der Waals surface area contributed by atoms with Gasteiger partial charge in [-0.2, -0.15) is 0 Å². The Hall–Kier alpha value is -1.65. The minimum Gasteiger partial charge on any atom is -0.480 e. The Morgan fingerprint density at radius 2 is 2.21 bits per heavy atom. The molecule has 5 nitrogen and oxygen atoms in total. The lowest BCUT2D eigenvalue weighted by atomic mass is 9.89. The summed E-state index contributed by atoms with van der Waals surface area (Å²) in [5.41, 5.74) is 1.75. The van der Waals surface area contributed by atoms with Gasteiger partial charge in [-0.1, -0.05) is 13.3 Å². The van der Waals surface area contributed by atoms with Gasteiger partial charge in [0.15, 0.2) is 0 Å². The van der Waals surface area contributed by atoms with Crippen molar-refractivity contribution in [3.63, 3.8) is 0 Å². The first-order chi connectivity index (χ1) is 9.02. The second-order valence-corrected chi connectivity index (χ2v) is 5.25. The normalized spacial score (nSPS) is 23.4. The maximum absolute atomic E-state index is 11.5. The molecule has 0 radical (unpaired) electrons. The summed E-state index contributed by atoms with van der Waals surface area (Å²) < 4.78 is 0. The molecule has 2 rings (SSSR count). The number of carboxylic acid groups (broad SMARTS) is 1. The number of hydrogen-bond donors (Lipinski definition) is 1. The van der Waals surface area contributed by atoms with Crippen LogP contribution in [0.25, 0.3) is 0 Å². The fraction of sp³-hybridized carbons (Fsp3) is 0.643. The lowest BCUT2D eigenvalue weighted by Gasteiger charge is -2.37. The molecule has 0 aromatic carbocycles. The molecule has 1 N–H and O–H groups in total. The summed E-state index contributed by atoms with van der Waals surface area (Å²) in [6.45, 7) is 6.67. The summed E-state index contributed by atoms with van der Waals surface area (Å²) >= 11 is 0. The van der Waals surface area contributed by atoms with Crippen LogP contribution < -0.4 is 4.90 Å². The van der Waals surface area contributed by atoms with Gasteiger partial charge in [-0.3, -0.25) is 4.98 Å². The molecule has 19 heavy (non-hydrogen) atoms. The fourth-order valence-corrected chi connectivity index (χ4v) is 2.59. The van der Waals surface area contributed by atoms with E-state index in [9.17, 15) is 9.90 Å². The van der Waals surface area contributed by atoms with E-state index in [2.05, 4.69) is 16.9 Å². The third-order valence-electron chi connectivity index (χ3n) is 4.05. The number of rotatable bonds is 3. The maximum atomic E-state index is 11.5. The lowest BCUT2D eigenvalue weighted by molar-refractivity contribution is -0.139. The van der Waals surface area contributed by atoms with E-state index in [1.165, 1.54) is 0 Å². The van der Waals surface area contributed by atoms with Gasteiger partial charge in [0.25, 0.3) is 0 Å². The molecular weight excluding hydrogens is 242 g/mol. The van der Waals surface area contributed by atoms with E-state index in [0.29, 0.717) is 18.2 Å². The second kappa shape index (κ2) is 5.55. The van der Waals surface area contributed by atoms with Gasteiger partial charge in [-0.25, -0.2) is 9.78 Å². The Bertz CT molecular complexity index is 476. The third kappa shape index (κ3) is 2.85. The quantitative estimate of drug-likeness (QED) is 0.905. The number of anilines is 1. The van der Waals surface area contributed by atoms with Crippen molar-refractivity contribution in [2.75, 3.05) is 11.4 Å². The van der Waals surface area contributed by atoms with E-state index >= 15 is 0 Å². The highest BCUT2D eigenvalue weighted by Gasteiger charge is 2.33. The molecule has 5 heteroatoms. The molecule has 1 aliphatic heterocycles. The number of carbonyl (C=O) groups is 1. The average molecular weight is 263 g/mol. The van der Waals surface area contributed by atoms with Gasteiger partial charge in [0.05, 0.1) is 17.6 Å². The van der Waals surface area contributed by atoms with Crippen LogP contribution in [0, 0.1) is 19.8 Å². The van der Waals surface area contributed by atoms with E-state index in [1.54, 1.807) is 6.20 Å². The van der Waals surface area contributed by atoms with Crippen LogP contribution in [-0.2, 0) is 4.79 Å². The summed E-state index contributed by atoms with van der Waals surface area (Å²) in [4.78, 5) is 22.1. The predicted octanol–water partition coefficient (Wildman–Crippen LogP) is 2.17. The van der Waals surface area contributed by atoms with Crippen LogP contribution in [-0.4, -0.2) is 33.6 Å². The molecule has 1 fully saturated rings. The first-order valence-corrected chi connectivity index (χ1v) is 6.82. The van der Waals surface area contributed by atoms with Crippen molar-refractivity contribution in [2.24, 2.45) is 5.92 Å². The van der Waals surface area contributed by atoms with Crippen LogP contribution in [0.4, 0.5) is 5.82 Å². The molecule has 2 atom stereocenters. The van der Waals surface area contributed by atoms with Gasteiger partial charge in [0.2, 0.25) is 0 Å². The maximum Gasteiger partial charge on any atom is 0.326 e. The zero-order valence-corrected chi connectivity index (χ0v) is 11.8. The van der Waals surface area contributed by atoms with Crippen molar-refractivity contribution >= 4 is 11.8 Å². The average Bonchev–Trinajstić information content (AvgIpc) is 2.41. The molecule has 2 unspecified atom stereocenters. The largest absolute Gasteiger partial charge is 0.480 e. The molecular formula is C14H21N3O2. The number of piperidine rings is 1. The van der Waals surface area contributed by atoms with Gasteiger partial charge in [-0.15, -0.1) is 0 Å². The predicted molar refractivity (Wildman–Crippen MR) is 73.3 cm³/mol. The third-order valence-corrected chi connectivity index (χ3v) is 4.05. The van der Waals surface area contributed by atoms with E-state index < -0.39 is 12.0 Å². The van der Waals surface area contributed by atoms with Crippen LogP contribution in [0.5, 0.6) is 0 Å². The van der Waals surface area contributed by atoms with E-state index in [4.69, 9.17) is 0 Å².